The van der Waals surface area contributed by atoms with E-state index in [1.54, 1.807) is 49.4 Å². The predicted octanol–water partition coefficient (Wildman–Crippen LogP) is 5.85. The summed E-state index contributed by atoms with van der Waals surface area (Å²) in [5.74, 6) is -2.87. The molecular weight excluding hydrogens is 843 g/mol. The van der Waals surface area contributed by atoms with Crippen LogP contribution in [0.25, 0.3) is 0 Å². The second-order valence-corrected chi connectivity index (χ2v) is 19.1. The van der Waals surface area contributed by atoms with Gasteiger partial charge in [-0.15, -0.1) is 0 Å². The molecular formula is C47H55N5O11S. The molecule has 64 heavy (non-hydrogen) atoms. The standard InChI is InChI=1S/C47H55N5O11S/c1-4-63-38-27-30(19-21-37(38)62-2)36(28-64(3,60)61)52-44(56)31-14-11-16-33(41(31)46(52)58)48-39(53)18-10-8-6-5-7-9-13-29-23-25-50(26-24-29)34-17-12-15-32-42(34)47(59)51(45(32)57)35-20-22-40(54)49-43(35)55/h11-12,14-17,19,21,27,29,35-36H,4-10,13,18,20,22-26,28H2,1-3H3,(H,48,53)(H,49,54,55)/t35?,36-/m1/s1. The highest BCUT2D eigenvalue weighted by Crippen LogP contribution is 2.40. The minimum atomic E-state index is -3.68. The number of methoxy groups -OCH3 is 1. The number of carbonyl (C=O) groups is 7. The Kier molecular flexibility index (Phi) is 14.2. The first-order valence-corrected chi connectivity index (χ1v) is 24.2. The Bertz CT molecular complexity index is 2460. The molecule has 2 N–H and O–H groups in total. The fourth-order valence-electron chi connectivity index (χ4n) is 9.33. The molecule has 340 valence electrons. The molecule has 0 aliphatic carbocycles. The van der Waals surface area contributed by atoms with Crippen molar-refractivity contribution in [1.29, 1.82) is 0 Å². The first-order valence-electron chi connectivity index (χ1n) is 22.1. The molecule has 16 nitrogen and oxygen atoms in total. The average molecular weight is 898 g/mol. The largest absolute Gasteiger partial charge is 0.493 e. The zero-order valence-corrected chi connectivity index (χ0v) is 37.3. The van der Waals surface area contributed by atoms with Gasteiger partial charge in [-0.3, -0.25) is 48.7 Å². The molecule has 2 fully saturated rings. The maximum Gasteiger partial charge on any atom is 0.264 e. The van der Waals surface area contributed by atoms with Gasteiger partial charge in [0.05, 0.1) is 59.1 Å². The monoisotopic (exact) mass is 897 g/mol. The third-order valence-corrected chi connectivity index (χ3v) is 13.5. The Hall–Kier alpha value is -6.10. The third-order valence-electron chi connectivity index (χ3n) is 12.5. The van der Waals surface area contributed by atoms with E-state index in [-0.39, 0.29) is 47.5 Å². The van der Waals surface area contributed by atoms with E-state index in [2.05, 4.69) is 15.5 Å². The van der Waals surface area contributed by atoms with E-state index in [1.165, 1.54) is 13.2 Å². The lowest BCUT2D eigenvalue weighted by molar-refractivity contribution is -0.136. The van der Waals surface area contributed by atoms with Crippen molar-refractivity contribution in [3.05, 3.63) is 82.4 Å². The van der Waals surface area contributed by atoms with Crippen LogP contribution in [0.15, 0.2) is 54.6 Å². The number of amides is 7. The van der Waals surface area contributed by atoms with Gasteiger partial charge in [0.25, 0.3) is 23.6 Å². The summed E-state index contributed by atoms with van der Waals surface area (Å²) < 4.78 is 36.3. The number of hydrogen-bond donors (Lipinski definition) is 2. The van der Waals surface area contributed by atoms with Crippen molar-refractivity contribution in [2.24, 2.45) is 5.92 Å². The number of ether oxygens (including phenoxy) is 2. The molecule has 7 amide bonds. The van der Waals surface area contributed by atoms with Crippen LogP contribution in [0.5, 0.6) is 11.5 Å². The van der Waals surface area contributed by atoms with Crippen LogP contribution in [-0.4, -0.2) is 104 Å². The molecule has 4 heterocycles. The highest BCUT2D eigenvalue weighted by Gasteiger charge is 2.47. The van der Waals surface area contributed by atoms with Gasteiger partial charge in [-0.2, -0.15) is 0 Å². The van der Waals surface area contributed by atoms with Crippen LogP contribution >= 0.6 is 0 Å². The van der Waals surface area contributed by atoms with Gasteiger partial charge < -0.3 is 19.7 Å². The van der Waals surface area contributed by atoms with Crippen LogP contribution in [0.4, 0.5) is 11.4 Å². The molecule has 7 rings (SSSR count). The minimum Gasteiger partial charge on any atom is -0.493 e. The molecule has 0 radical (unpaired) electrons. The van der Waals surface area contributed by atoms with Crippen molar-refractivity contribution in [2.75, 3.05) is 49.0 Å². The highest BCUT2D eigenvalue weighted by atomic mass is 32.2. The highest BCUT2D eigenvalue weighted by molar-refractivity contribution is 7.90. The van der Waals surface area contributed by atoms with Gasteiger partial charge >= 0.3 is 0 Å². The summed E-state index contributed by atoms with van der Waals surface area (Å²) >= 11 is 0. The van der Waals surface area contributed by atoms with E-state index in [0.29, 0.717) is 47.3 Å². The molecule has 4 aliphatic rings. The predicted molar refractivity (Wildman–Crippen MR) is 237 cm³/mol. The molecule has 2 atom stereocenters. The van der Waals surface area contributed by atoms with Crippen molar-refractivity contribution < 1.29 is 51.5 Å². The van der Waals surface area contributed by atoms with Gasteiger partial charge in [0.2, 0.25) is 17.7 Å². The van der Waals surface area contributed by atoms with E-state index in [9.17, 15) is 42.0 Å². The fourth-order valence-corrected chi connectivity index (χ4v) is 10.2. The summed E-state index contributed by atoms with van der Waals surface area (Å²) in [5, 5.41) is 5.07. The van der Waals surface area contributed by atoms with Crippen LogP contribution in [0.2, 0.25) is 0 Å². The van der Waals surface area contributed by atoms with Crippen molar-refractivity contribution in [3.8, 4) is 11.5 Å². The number of imide groups is 3. The summed E-state index contributed by atoms with van der Waals surface area (Å²) in [7, 11) is -2.21. The Morgan fingerprint density at radius 3 is 2.19 bits per heavy atom. The Balaban J connectivity index is 0.841. The molecule has 0 bridgehead atoms. The lowest BCUT2D eigenvalue weighted by Gasteiger charge is -2.34. The smallest absolute Gasteiger partial charge is 0.264 e. The van der Waals surface area contributed by atoms with Crippen LogP contribution in [0.3, 0.4) is 0 Å². The second-order valence-electron chi connectivity index (χ2n) is 16.9. The number of anilines is 2. The minimum absolute atomic E-state index is 0.0251. The fraction of sp³-hybridized carbons (Fsp3) is 0.468. The van der Waals surface area contributed by atoms with Crippen molar-refractivity contribution in [3.63, 3.8) is 0 Å². The molecule has 3 aromatic rings. The molecule has 0 spiro atoms. The molecule has 17 heteroatoms. The molecule has 1 unspecified atom stereocenters. The number of fused-ring (bicyclic) bond motifs is 2. The summed E-state index contributed by atoms with van der Waals surface area (Å²) in [6.07, 6.45) is 10.1. The molecule has 0 saturated carbocycles. The topological polar surface area (TPSA) is 206 Å². The van der Waals surface area contributed by atoms with E-state index in [0.717, 1.165) is 80.5 Å². The van der Waals surface area contributed by atoms with Gasteiger partial charge in [-0.25, -0.2) is 8.42 Å². The summed E-state index contributed by atoms with van der Waals surface area (Å²) in [5.41, 5.74) is 2.01. The zero-order valence-electron chi connectivity index (χ0n) is 36.5. The number of rotatable bonds is 19. The van der Waals surface area contributed by atoms with Gasteiger partial charge in [0.15, 0.2) is 11.5 Å². The first kappa shape index (κ1) is 45.9. The van der Waals surface area contributed by atoms with Gasteiger partial charge in [0, 0.05) is 32.2 Å². The number of carbonyl (C=O) groups excluding carboxylic acids is 7. The van der Waals surface area contributed by atoms with Crippen LogP contribution in [0.1, 0.15) is 137 Å². The van der Waals surface area contributed by atoms with E-state index < -0.39 is 63.1 Å². The summed E-state index contributed by atoms with van der Waals surface area (Å²) in [6.45, 7) is 3.60. The zero-order chi connectivity index (χ0) is 45.7. The van der Waals surface area contributed by atoms with Crippen molar-refractivity contribution >= 4 is 62.6 Å². The van der Waals surface area contributed by atoms with Gasteiger partial charge in [-0.1, -0.05) is 56.7 Å². The average Bonchev–Trinajstić information content (AvgIpc) is 3.67. The number of nitrogens with zero attached hydrogens (tertiary/aromatic N) is 3. The number of nitrogens with one attached hydrogen (secondary N) is 2. The number of sulfone groups is 1. The van der Waals surface area contributed by atoms with Crippen LogP contribution in [-0.2, 0) is 24.2 Å². The van der Waals surface area contributed by atoms with Crippen molar-refractivity contribution in [2.45, 2.75) is 96.1 Å². The lowest BCUT2D eigenvalue weighted by Crippen LogP contribution is -2.54. The Morgan fingerprint density at radius 1 is 0.812 bits per heavy atom. The molecule has 4 aliphatic heterocycles. The first-order chi connectivity index (χ1) is 30.7. The van der Waals surface area contributed by atoms with E-state index >= 15 is 0 Å². The summed E-state index contributed by atoms with van der Waals surface area (Å²) in [4.78, 5) is 96.1. The van der Waals surface area contributed by atoms with Crippen LogP contribution in [0, 0.1) is 5.92 Å². The lowest BCUT2D eigenvalue weighted by atomic mass is 9.90. The third kappa shape index (κ3) is 9.83. The second kappa shape index (κ2) is 19.7. The number of piperidine rings is 2. The van der Waals surface area contributed by atoms with E-state index in [4.69, 9.17) is 9.47 Å². The normalized spacial score (nSPS) is 18.3. The maximum absolute atomic E-state index is 14.0. The summed E-state index contributed by atoms with van der Waals surface area (Å²) in [6, 6.07) is 12.5. The van der Waals surface area contributed by atoms with E-state index in [1.807, 2.05) is 6.07 Å². The quantitative estimate of drug-likeness (QED) is 0.107. The number of hydrogen-bond acceptors (Lipinski definition) is 12. The van der Waals surface area contributed by atoms with Crippen LogP contribution < -0.4 is 25.0 Å². The Labute approximate surface area is 372 Å². The number of benzene rings is 3. The van der Waals surface area contributed by atoms with Gasteiger partial charge in [0.1, 0.15) is 15.9 Å². The Morgan fingerprint density at radius 2 is 1.50 bits per heavy atom. The molecule has 3 aromatic carbocycles. The van der Waals surface area contributed by atoms with Crippen molar-refractivity contribution in [1.82, 2.24) is 15.1 Å². The SMILES string of the molecule is CCOc1cc([C@@H](CS(C)(=O)=O)N2C(=O)c3cccc(NC(=O)CCCCCCCCC4CCN(c5cccc6c5C(=O)N(C5CCC(=O)NC5=O)C6=O)CC4)c3C2=O)ccc1OC. The molecule has 0 aromatic heterocycles. The number of unbranched alkanes of at least 4 members (excludes halogenated alkanes) is 5. The van der Waals surface area contributed by atoms with Gasteiger partial charge in [-0.05, 0) is 80.5 Å². The maximum atomic E-state index is 14.0. The molecule has 2 saturated heterocycles.